The van der Waals surface area contributed by atoms with Crippen molar-refractivity contribution in [3.63, 3.8) is 0 Å². The van der Waals surface area contributed by atoms with Crippen molar-refractivity contribution >= 4 is 21.7 Å². The van der Waals surface area contributed by atoms with E-state index in [-0.39, 0.29) is 16.3 Å². The minimum Gasteiger partial charge on any atom is -0.497 e. The molecule has 1 heterocycles. The van der Waals surface area contributed by atoms with Gasteiger partial charge in [0.2, 0.25) is 0 Å². The Kier molecular flexibility index (Phi) is 3.85. The van der Waals surface area contributed by atoms with E-state index in [1.165, 1.54) is 49.3 Å². The first kappa shape index (κ1) is 14.9. The van der Waals surface area contributed by atoms with Gasteiger partial charge in [-0.15, -0.1) is 0 Å². The minimum absolute atomic E-state index is 0.0805. The highest BCUT2D eigenvalue weighted by Gasteiger charge is 2.21. The smallest absolute Gasteiger partial charge is 0.337 e. The standard InChI is InChI=1S/C12H13N3O5S/c1-15-11(5-6-13-15)21(18,19)14-10-7-8(20-2)3-4-9(10)12(16)17/h3-7,14H,1-2H3,(H,16,17). The molecule has 2 rings (SSSR count). The maximum atomic E-state index is 12.3. The van der Waals surface area contributed by atoms with Crippen LogP contribution in [0.5, 0.6) is 5.75 Å². The summed E-state index contributed by atoms with van der Waals surface area (Å²) in [6.07, 6.45) is 1.33. The molecule has 0 spiro atoms. The number of rotatable bonds is 5. The molecule has 1 aromatic carbocycles. The second-order valence-electron chi connectivity index (χ2n) is 4.12. The van der Waals surface area contributed by atoms with Gasteiger partial charge in [-0.05, 0) is 18.2 Å². The fourth-order valence-electron chi connectivity index (χ4n) is 1.74. The largest absolute Gasteiger partial charge is 0.497 e. The van der Waals surface area contributed by atoms with Crippen molar-refractivity contribution in [2.45, 2.75) is 5.03 Å². The molecule has 0 saturated heterocycles. The second kappa shape index (κ2) is 5.44. The van der Waals surface area contributed by atoms with Crippen LogP contribution in [0.15, 0.2) is 35.5 Å². The Labute approximate surface area is 121 Å². The SMILES string of the molecule is COc1ccc(C(=O)O)c(NS(=O)(=O)c2ccnn2C)c1. The van der Waals surface area contributed by atoms with Gasteiger partial charge in [0.15, 0.2) is 5.03 Å². The average Bonchev–Trinajstić information content (AvgIpc) is 2.85. The van der Waals surface area contributed by atoms with Crippen molar-refractivity contribution in [2.75, 3.05) is 11.8 Å². The third-order valence-corrected chi connectivity index (χ3v) is 4.19. The molecule has 1 aromatic heterocycles. The number of carboxylic acid groups (broad SMARTS) is 1. The molecule has 2 aromatic rings. The zero-order valence-corrected chi connectivity index (χ0v) is 12.1. The first-order valence-corrected chi connectivity index (χ1v) is 7.25. The number of aromatic carboxylic acids is 1. The van der Waals surface area contributed by atoms with Crippen LogP contribution >= 0.6 is 0 Å². The Hall–Kier alpha value is -2.55. The number of methoxy groups -OCH3 is 1. The summed E-state index contributed by atoms with van der Waals surface area (Å²) in [7, 11) is -1.08. The van der Waals surface area contributed by atoms with E-state index in [0.29, 0.717) is 5.75 Å². The van der Waals surface area contributed by atoms with E-state index >= 15 is 0 Å². The van der Waals surface area contributed by atoms with Crippen molar-refractivity contribution in [2.24, 2.45) is 7.05 Å². The molecule has 2 N–H and O–H groups in total. The summed E-state index contributed by atoms with van der Waals surface area (Å²) < 4.78 is 32.9. The van der Waals surface area contributed by atoms with Crippen molar-refractivity contribution in [3.8, 4) is 5.75 Å². The van der Waals surface area contributed by atoms with Gasteiger partial charge >= 0.3 is 5.97 Å². The molecule has 112 valence electrons. The Morgan fingerprint density at radius 3 is 2.62 bits per heavy atom. The van der Waals surface area contributed by atoms with Crippen molar-refractivity contribution in [1.82, 2.24) is 9.78 Å². The Morgan fingerprint density at radius 2 is 2.10 bits per heavy atom. The summed E-state index contributed by atoms with van der Waals surface area (Å²) in [6.45, 7) is 0. The first-order valence-electron chi connectivity index (χ1n) is 5.77. The van der Waals surface area contributed by atoms with Crippen molar-refractivity contribution in [1.29, 1.82) is 0 Å². The molecule has 0 atom stereocenters. The van der Waals surface area contributed by atoms with E-state index in [4.69, 9.17) is 9.84 Å². The predicted octanol–water partition coefficient (Wildman–Crippen LogP) is 0.928. The van der Waals surface area contributed by atoms with Crippen molar-refractivity contribution < 1.29 is 23.1 Å². The maximum absolute atomic E-state index is 12.3. The predicted molar refractivity (Wildman–Crippen MR) is 74.0 cm³/mol. The molecule has 0 aliphatic carbocycles. The molecule has 0 radical (unpaired) electrons. The van der Waals surface area contributed by atoms with Gasteiger partial charge < -0.3 is 9.84 Å². The monoisotopic (exact) mass is 311 g/mol. The molecule has 0 fully saturated rings. The molecule has 0 amide bonds. The first-order chi connectivity index (χ1) is 9.85. The lowest BCUT2D eigenvalue weighted by atomic mass is 10.2. The van der Waals surface area contributed by atoms with E-state index in [1.54, 1.807) is 0 Å². The van der Waals surface area contributed by atoms with Crippen molar-refractivity contribution in [3.05, 3.63) is 36.0 Å². The minimum atomic E-state index is -3.95. The number of carboxylic acids is 1. The summed E-state index contributed by atoms with van der Waals surface area (Å²) in [5.74, 6) is -0.914. The molecule has 0 bridgehead atoms. The van der Waals surface area contributed by atoms with Crippen LogP contribution in [0.4, 0.5) is 5.69 Å². The molecular formula is C12H13N3O5S. The summed E-state index contributed by atoms with van der Waals surface area (Å²) in [4.78, 5) is 11.2. The van der Waals surface area contributed by atoms with E-state index in [1.807, 2.05) is 0 Å². The van der Waals surface area contributed by atoms with Crippen LogP contribution in [-0.4, -0.2) is 36.4 Å². The summed E-state index contributed by atoms with van der Waals surface area (Å²) in [5, 5.41) is 12.8. The Balaban J connectivity index is 2.47. The summed E-state index contributed by atoms with van der Waals surface area (Å²) >= 11 is 0. The summed E-state index contributed by atoms with van der Waals surface area (Å²) in [5.41, 5.74) is -0.260. The number of hydrogen-bond acceptors (Lipinski definition) is 5. The lowest BCUT2D eigenvalue weighted by molar-refractivity contribution is 0.0698. The van der Waals surface area contributed by atoms with E-state index in [0.717, 1.165) is 0 Å². The average molecular weight is 311 g/mol. The quantitative estimate of drug-likeness (QED) is 0.849. The van der Waals surface area contributed by atoms with Gasteiger partial charge in [0, 0.05) is 13.1 Å². The highest BCUT2D eigenvalue weighted by molar-refractivity contribution is 7.92. The molecule has 0 aliphatic rings. The number of ether oxygens (including phenoxy) is 1. The van der Waals surface area contributed by atoms with Gasteiger partial charge in [-0.3, -0.25) is 9.40 Å². The maximum Gasteiger partial charge on any atom is 0.337 e. The van der Waals surface area contributed by atoms with Crippen LogP contribution in [0.25, 0.3) is 0 Å². The molecule has 0 aliphatic heterocycles. The molecule has 9 heteroatoms. The van der Waals surface area contributed by atoms with E-state index < -0.39 is 16.0 Å². The summed E-state index contributed by atoms with van der Waals surface area (Å²) in [6, 6.07) is 5.31. The number of benzene rings is 1. The van der Waals surface area contributed by atoms with Gasteiger partial charge in [0.05, 0.1) is 24.6 Å². The fraction of sp³-hybridized carbons (Fsp3) is 0.167. The normalized spacial score (nSPS) is 11.1. The van der Waals surface area contributed by atoms with Crippen LogP contribution in [0.2, 0.25) is 0 Å². The lowest BCUT2D eigenvalue weighted by Crippen LogP contribution is -2.18. The number of aryl methyl sites for hydroxylation is 1. The van der Waals surface area contributed by atoms with Gasteiger partial charge in [0.25, 0.3) is 10.0 Å². The zero-order valence-electron chi connectivity index (χ0n) is 11.3. The van der Waals surface area contributed by atoms with Crippen LogP contribution in [0.3, 0.4) is 0 Å². The van der Waals surface area contributed by atoms with Crippen LogP contribution in [0.1, 0.15) is 10.4 Å². The Bertz CT molecular complexity index is 782. The highest BCUT2D eigenvalue weighted by Crippen LogP contribution is 2.25. The zero-order chi connectivity index (χ0) is 15.6. The van der Waals surface area contributed by atoms with Crippen LogP contribution < -0.4 is 9.46 Å². The lowest BCUT2D eigenvalue weighted by Gasteiger charge is -2.12. The number of anilines is 1. The topological polar surface area (TPSA) is 111 Å². The number of nitrogens with one attached hydrogen (secondary N) is 1. The number of sulfonamides is 1. The molecule has 0 unspecified atom stereocenters. The number of nitrogens with zero attached hydrogens (tertiary/aromatic N) is 2. The third kappa shape index (κ3) is 2.97. The highest BCUT2D eigenvalue weighted by atomic mass is 32.2. The molecule has 0 saturated carbocycles. The molecule has 8 nitrogen and oxygen atoms in total. The van der Waals surface area contributed by atoms with Gasteiger partial charge in [-0.1, -0.05) is 0 Å². The van der Waals surface area contributed by atoms with E-state index in [2.05, 4.69) is 9.82 Å². The van der Waals surface area contributed by atoms with Gasteiger partial charge in [-0.2, -0.15) is 13.5 Å². The van der Waals surface area contributed by atoms with Gasteiger partial charge in [-0.25, -0.2) is 4.79 Å². The van der Waals surface area contributed by atoms with E-state index in [9.17, 15) is 13.2 Å². The molecule has 21 heavy (non-hydrogen) atoms. The van der Waals surface area contributed by atoms with Crippen LogP contribution in [-0.2, 0) is 17.1 Å². The van der Waals surface area contributed by atoms with Gasteiger partial charge in [0.1, 0.15) is 5.75 Å². The Morgan fingerprint density at radius 1 is 1.38 bits per heavy atom. The number of aromatic nitrogens is 2. The third-order valence-electron chi connectivity index (χ3n) is 2.75. The second-order valence-corrected chi connectivity index (χ2v) is 5.74. The number of carbonyl (C=O) groups is 1. The van der Waals surface area contributed by atoms with Crippen LogP contribution in [0, 0.1) is 0 Å². The fourth-order valence-corrected chi connectivity index (χ4v) is 2.94. The number of hydrogen-bond donors (Lipinski definition) is 2. The molecular weight excluding hydrogens is 298 g/mol.